The third kappa shape index (κ3) is 5.31. The molecule has 2 N–H and O–H groups in total. The predicted molar refractivity (Wildman–Crippen MR) is 130 cm³/mol. The number of carbonyl (C=O) groups excluding carboxylic acids is 1. The Morgan fingerprint density at radius 1 is 1.15 bits per heavy atom. The Balaban J connectivity index is 1.49. The largest absolute Gasteiger partial charge is 0.444 e. The molecule has 33 heavy (non-hydrogen) atoms. The molecule has 0 unspecified atom stereocenters. The second-order valence-electron chi connectivity index (χ2n) is 8.70. The van der Waals surface area contributed by atoms with Gasteiger partial charge in [-0.2, -0.15) is 5.10 Å². The van der Waals surface area contributed by atoms with E-state index in [9.17, 15) is 9.59 Å². The van der Waals surface area contributed by atoms with Gasteiger partial charge in [0.15, 0.2) is 0 Å². The normalized spacial score (nSPS) is 14.5. The molecular weight excluding hydrogens is 467 g/mol. The lowest BCUT2D eigenvalue weighted by Crippen LogP contribution is -2.50. The molecule has 1 aromatic carbocycles. The van der Waals surface area contributed by atoms with Crippen molar-refractivity contribution in [3.63, 3.8) is 0 Å². The van der Waals surface area contributed by atoms with Crippen LogP contribution in [0.25, 0.3) is 10.8 Å². The van der Waals surface area contributed by atoms with Crippen molar-refractivity contribution in [3.8, 4) is 0 Å². The van der Waals surface area contributed by atoms with Gasteiger partial charge in [0.2, 0.25) is 0 Å². The van der Waals surface area contributed by atoms with E-state index in [1.54, 1.807) is 17.0 Å². The van der Waals surface area contributed by atoms with Crippen molar-refractivity contribution in [1.29, 1.82) is 0 Å². The van der Waals surface area contributed by atoms with Gasteiger partial charge >= 0.3 is 6.09 Å². The van der Waals surface area contributed by atoms with Gasteiger partial charge in [-0.1, -0.05) is 23.2 Å². The van der Waals surface area contributed by atoms with Crippen LogP contribution in [-0.2, 0) is 4.74 Å². The smallest absolute Gasteiger partial charge is 0.410 e. The van der Waals surface area contributed by atoms with Crippen molar-refractivity contribution in [2.45, 2.75) is 26.4 Å². The number of amides is 1. The average molecular weight is 491 g/mol. The number of nitrogens with one attached hydrogen (secondary N) is 2. The Kier molecular flexibility index (Phi) is 6.36. The summed E-state index contributed by atoms with van der Waals surface area (Å²) in [5, 5.41) is 11.0. The summed E-state index contributed by atoms with van der Waals surface area (Å²) in [5.41, 5.74) is 0.621. The van der Waals surface area contributed by atoms with E-state index < -0.39 is 5.60 Å². The van der Waals surface area contributed by atoms with Crippen LogP contribution in [-0.4, -0.2) is 58.0 Å². The number of fused-ring (bicyclic) bond motifs is 1. The minimum atomic E-state index is -0.523. The molecule has 174 valence electrons. The Labute approximate surface area is 200 Å². The van der Waals surface area contributed by atoms with Crippen LogP contribution in [0, 0.1) is 0 Å². The van der Waals surface area contributed by atoms with E-state index in [2.05, 4.69) is 25.4 Å². The van der Waals surface area contributed by atoms with Crippen molar-refractivity contribution < 1.29 is 9.53 Å². The predicted octanol–water partition coefficient (Wildman–Crippen LogP) is 4.43. The number of aromatic nitrogens is 3. The maximum Gasteiger partial charge on any atom is 0.410 e. The summed E-state index contributed by atoms with van der Waals surface area (Å²) in [4.78, 5) is 32.6. The second kappa shape index (κ2) is 9.07. The number of piperazine rings is 1. The molecule has 0 aliphatic carbocycles. The van der Waals surface area contributed by atoms with Gasteiger partial charge in [0.05, 0.1) is 22.3 Å². The standard InChI is InChI=1S/C22H24Cl2N6O3/c1-22(2,3)33-21(32)30-8-6-29(7-9-30)16-5-4-14(11-15(16)23)26-19-18-13(10-17(24)27-19)12-25-28-20(18)31/h4-5,10-12H,6-9H2,1-3H3,(H,26,27)(H,28,31). The van der Waals surface area contributed by atoms with Gasteiger partial charge in [0, 0.05) is 37.3 Å². The first-order chi connectivity index (χ1) is 15.6. The highest BCUT2D eigenvalue weighted by atomic mass is 35.5. The fraction of sp³-hybridized carbons (Fsp3) is 0.364. The Bertz CT molecular complexity index is 1250. The fourth-order valence-electron chi connectivity index (χ4n) is 3.61. The number of benzene rings is 1. The van der Waals surface area contributed by atoms with Gasteiger partial charge in [0.1, 0.15) is 16.6 Å². The van der Waals surface area contributed by atoms with Crippen LogP contribution in [0.3, 0.4) is 0 Å². The summed E-state index contributed by atoms with van der Waals surface area (Å²) in [7, 11) is 0. The van der Waals surface area contributed by atoms with Crippen LogP contribution < -0.4 is 15.8 Å². The Morgan fingerprint density at radius 2 is 1.88 bits per heavy atom. The Morgan fingerprint density at radius 3 is 2.55 bits per heavy atom. The number of halogens is 2. The maximum absolute atomic E-state index is 12.3. The second-order valence-corrected chi connectivity index (χ2v) is 9.50. The zero-order chi connectivity index (χ0) is 23.8. The van der Waals surface area contributed by atoms with Gasteiger partial charge in [0.25, 0.3) is 5.56 Å². The van der Waals surface area contributed by atoms with Crippen molar-refractivity contribution >= 4 is 57.3 Å². The van der Waals surface area contributed by atoms with Crippen LogP contribution in [0.4, 0.5) is 22.0 Å². The first-order valence-corrected chi connectivity index (χ1v) is 11.2. The molecule has 2 aromatic heterocycles. The number of carbonyl (C=O) groups is 1. The molecule has 0 saturated carbocycles. The van der Waals surface area contributed by atoms with E-state index in [-0.39, 0.29) is 16.8 Å². The monoisotopic (exact) mass is 490 g/mol. The van der Waals surface area contributed by atoms with E-state index in [0.29, 0.717) is 53.5 Å². The molecule has 9 nitrogen and oxygen atoms in total. The summed E-state index contributed by atoms with van der Waals surface area (Å²) >= 11 is 12.7. The molecule has 1 saturated heterocycles. The summed E-state index contributed by atoms with van der Waals surface area (Å²) in [6.45, 7) is 7.91. The minimum Gasteiger partial charge on any atom is -0.444 e. The van der Waals surface area contributed by atoms with Gasteiger partial charge < -0.3 is 19.9 Å². The van der Waals surface area contributed by atoms with Crippen LogP contribution in [0.5, 0.6) is 0 Å². The molecule has 1 amide bonds. The van der Waals surface area contributed by atoms with Gasteiger partial charge in [-0.05, 0) is 45.0 Å². The maximum atomic E-state index is 12.3. The van der Waals surface area contributed by atoms with Crippen LogP contribution in [0.15, 0.2) is 35.3 Å². The van der Waals surface area contributed by atoms with E-state index in [1.807, 2.05) is 32.9 Å². The van der Waals surface area contributed by atoms with E-state index >= 15 is 0 Å². The topological polar surface area (TPSA) is 103 Å². The quantitative estimate of drug-likeness (QED) is 0.523. The average Bonchev–Trinajstić information content (AvgIpc) is 2.72. The number of hydrogen-bond acceptors (Lipinski definition) is 7. The number of aromatic amines is 1. The third-order valence-corrected chi connectivity index (χ3v) is 5.59. The third-order valence-electron chi connectivity index (χ3n) is 5.10. The van der Waals surface area contributed by atoms with Crippen LogP contribution in [0.2, 0.25) is 10.2 Å². The molecule has 1 fully saturated rings. The highest BCUT2D eigenvalue weighted by molar-refractivity contribution is 6.33. The molecule has 1 aliphatic rings. The first kappa shape index (κ1) is 23.1. The lowest BCUT2D eigenvalue weighted by Gasteiger charge is -2.37. The number of ether oxygens (including phenoxy) is 1. The molecule has 11 heteroatoms. The lowest BCUT2D eigenvalue weighted by atomic mass is 10.2. The summed E-state index contributed by atoms with van der Waals surface area (Å²) in [6.07, 6.45) is 1.21. The zero-order valence-corrected chi connectivity index (χ0v) is 20.0. The number of nitrogens with zero attached hydrogens (tertiary/aromatic N) is 4. The highest BCUT2D eigenvalue weighted by Crippen LogP contribution is 2.32. The number of H-pyrrole nitrogens is 1. The number of hydrogen-bond donors (Lipinski definition) is 2. The summed E-state index contributed by atoms with van der Waals surface area (Å²) in [5.74, 6) is 0.316. The highest BCUT2D eigenvalue weighted by Gasteiger charge is 2.26. The van der Waals surface area contributed by atoms with Gasteiger partial charge in [-0.25, -0.2) is 14.9 Å². The van der Waals surface area contributed by atoms with E-state index in [4.69, 9.17) is 27.9 Å². The Hall–Kier alpha value is -3.04. The molecule has 0 spiro atoms. The summed E-state index contributed by atoms with van der Waals surface area (Å²) in [6, 6.07) is 7.09. The first-order valence-electron chi connectivity index (χ1n) is 10.4. The van der Waals surface area contributed by atoms with Crippen molar-refractivity contribution in [2.24, 2.45) is 0 Å². The van der Waals surface area contributed by atoms with Crippen LogP contribution in [0.1, 0.15) is 20.8 Å². The van der Waals surface area contributed by atoms with Gasteiger partial charge in [-0.15, -0.1) is 0 Å². The number of pyridine rings is 1. The van der Waals surface area contributed by atoms with Crippen molar-refractivity contribution in [3.05, 3.63) is 51.0 Å². The van der Waals surface area contributed by atoms with Gasteiger partial charge in [-0.3, -0.25) is 4.79 Å². The minimum absolute atomic E-state index is 0.239. The molecule has 3 aromatic rings. The molecule has 4 rings (SSSR count). The fourth-order valence-corrected chi connectivity index (χ4v) is 4.12. The molecule has 1 aliphatic heterocycles. The van der Waals surface area contributed by atoms with E-state index in [1.165, 1.54) is 6.20 Å². The number of rotatable bonds is 3. The SMILES string of the molecule is CC(C)(C)OC(=O)N1CCN(c2ccc(Nc3nc(Cl)cc4cn[nH]c(=O)c34)cc2Cl)CC1. The summed E-state index contributed by atoms with van der Waals surface area (Å²) < 4.78 is 5.45. The van der Waals surface area contributed by atoms with E-state index in [0.717, 1.165) is 5.69 Å². The molecule has 0 bridgehead atoms. The molecule has 3 heterocycles. The van der Waals surface area contributed by atoms with Crippen molar-refractivity contribution in [2.75, 3.05) is 36.4 Å². The molecular formula is C22H24Cl2N6O3. The zero-order valence-electron chi connectivity index (χ0n) is 18.5. The van der Waals surface area contributed by atoms with Crippen molar-refractivity contribution in [1.82, 2.24) is 20.1 Å². The van der Waals surface area contributed by atoms with Crippen LogP contribution >= 0.6 is 23.2 Å². The number of anilines is 3. The molecule has 0 atom stereocenters. The molecule has 0 radical (unpaired) electrons. The lowest BCUT2D eigenvalue weighted by molar-refractivity contribution is 0.0240.